The predicted octanol–water partition coefficient (Wildman–Crippen LogP) is 5.12. The van der Waals surface area contributed by atoms with Crippen LogP contribution in [0.1, 0.15) is 159 Å². The molecule has 5 atom stereocenters. The Labute approximate surface area is 352 Å². The van der Waals surface area contributed by atoms with Crippen LogP contribution in [-0.2, 0) is 38.5 Å². The number of carbonyl (C=O) groups excluding carboxylic acids is 6. The van der Waals surface area contributed by atoms with E-state index in [1.54, 1.807) is 39.5 Å². The molecule has 14 nitrogen and oxygen atoms in total. The van der Waals surface area contributed by atoms with Crippen molar-refractivity contribution in [1.82, 2.24) is 26.2 Å². The Kier molecular flexibility index (Phi) is 14.0. The number of Topliss-reactive ketones (excluding diaryl/α,β-unsaturated/α-hetero) is 1. The maximum Gasteiger partial charge on any atom is 0.315 e. The second-order valence-electron chi connectivity index (χ2n) is 21.0. The fraction of sp³-hybridized carbons (Fsp3) is 0.864. The number of carbonyl (C=O) groups is 6. The van der Waals surface area contributed by atoms with E-state index in [1.165, 1.54) is 0 Å². The lowest BCUT2D eigenvalue weighted by Crippen LogP contribution is -2.65. The van der Waals surface area contributed by atoms with Crippen molar-refractivity contribution in [2.24, 2.45) is 28.6 Å². The first kappa shape index (κ1) is 46.8. The minimum Gasteiger partial charge on any atom is -0.460 e. The van der Waals surface area contributed by atoms with E-state index in [1.807, 2.05) is 13.8 Å². The SMILES string of the molecule is CCC(C)(C)S(=O)(=O)CC1(NC(=O)N[C@H](C(=O)N2C[C@H]3[C@@H]([C@H]2C(=O)NC(CC2CC2)C(=O)C(=O)NCCC(=O)OC(C)(C)C)C3(C)C)C2(C)CCCCC2)CCCCC1. The number of sulfone groups is 1. The highest BCUT2D eigenvalue weighted by molar-refractivity contribution is 7.92. The molecule has 1 saturated heterocycles. The third kappa shape index (κ3) is 11.0. The van der Waals surface area contributed by atoms with E-state index in [-0.39, 0.29) is 54.2 Å². The minimum atomic E-state index is -3.60. The Bertz CT molecular complexity index is 1720. The largest absolute Gasteiger partial charge is 0.460 e. The number of nitrogens with one attached hydrogen (secondary N) is 4. The summed E-state index contributed by atoms with van der Waals surface area (Å²) in [6.45, 7) is 16.9. The summed E-state index contributed by atoms with van der Waals surface area (Å²) in [4.78, 5) is 84.3. The maximum atomic E-state index is 15.1. The number of urea groups is 1. The molecule has 0 spiro atoms. The lowest BCUT2D eigenvalue weighted by molar-refractivity contribution is -0.154. The Morgan fingerprint density at radius 2 is 1.44 bits per heavy atom. The molecule has 5 rings (SSSR count). The number of amides is 5. The Morgan fingerprint density at radius 3 is 2.00 bits per heavy atom. The first-order valence-electron chi connectivity index (χ1n) is 22.3. The predicted molar refractivity (Wildman–Crippen MR) is 225 cm³/mol. The lowest BCUT2D eigenvalue weighted by atomic mass is 9.70. The van der Waals surface area contributed by atoms with Crippen LogP contribution in [-0.4, -0.2) is 102 Å². The summed E-state index contributed by atoms with van der Waals surface area (Å²) < 4.78 is 31.8. The van der Waals surface area contributed by atoms with E-state index in [0.717, 1.165) is 51.4 Å². The van der Waals surface area contributed by atoms with Gasteiger partial charge in [0.25, 0.3) is 5.91 Å². The van der Waals surface area contributed by atoms with Crippen molar-refractivity contribution in [2.45, 2.75) is 193 Å². The monoisotopic (exact) mass is 848 g/mol. The molecule has 5 aliphatic rings. The van der Waals surface area contributed by atoms with Gasteiger partial charge in [-0.1, -0.05) is 79.1 Å². The number of fused-ring (bicyclic) bond motifs is 1. The molecule has 0 aromatic rings. The average Bonchev–Trinajstić information content (AvgIpc) is 4.00. The van der Waals surface area contributed by atoms with Crippen LogP contribution >= 0.6 is 0 Å². The topological polar surface area (TPSA) is 197 Å². The van der Waals surface area contributed by atoms with E-state index in [0.29, 0.717) is 38.6 Å². The van der Waals surface area contributed by atoms with Crippen molar-refractivity contribution in [3.05, 3.63) is 0 Å². The fourth-order valence-corrected chi connectivity index (χ4v) is 11.9. The summed E-state index contributed by atoms with van der Waals surface area (Å²) in [5.74, 6) is -3.23. The number of esters is 1. The van der Waals surface area contributed by atoms with E-state index in [2.05, 4.69) is 35.1 Å². The van der Waals surface area contributed by atoms with Crippen molar-refractivity contribution in [2.75, 3.05) is 18.8 Å². The van der Waals surface area contributed by atoms with Gasteiger partial charge in [-0.3, -0.25) is 24.0 Å². The van der Waals surface area contributed by atoms with Crippen molar-refractivity contribution in [3.8, 4) is 0 Å². The summed E-state index contributed by atoms with van der Waals surface area (Å²) in [5, 5.41) is 11.6. The summed E-state index contributed by atoms with van der Waals surface area (Å²) >= 11 is 0. The number of nitrogens with zero attached hydrogens (tertiary/aromatic N) is 1. The van der Waals surface area contributed by atoms with Crippen molar-refractivity contribution >= 4 is 45.3 Å². The molecule has 4 aliphatic carbocycles. The van der Waals surface area contributed by atoms with Crippen LogP contribution in [0.4, 0.5) is 4.79 Å². The smallest absolute Gasteiger partial charge is 0.315 e. The summed E-state index contributed by atoms with van der Waals surface area (Å²) in [7, 11) is -3.60. The standard InChI is InChI=1S/C44H73N5O9S/c1-10-41(5,6)59(56,57)27-44(22-15-12-16-23-44)48-39(55)47-35(43(9)20-13-11-14-21-43)38(54)49-26-29-32(42(29,7)8)33(49)36(52)46-30(25-28-17-18-28)34(51)37(53)45-24-19-31(50)58-40(2,3)4/h28-30,32-33,35H,10-27H2,1-9H3,(H,45,53)(H,46,52)(H2,47,48,55)/t29-,30?,32-,33-,35+/m0/s1. The third-order valence-electron chi connectivity index (χ3n) is 14.5. The zero-order valence-electron chi connectivity index (χ0n) is 37.2. The maximum absolute atomic E-state index is 15.1. The molecular formula is C44H73N5O9S. The number of ether oxygens (including phenoxy) is 1. The molecule has 59 heavy (non-hydrogen) atoms. The first-order valence-corrected chi connectivity index (χ1v) is 24.0. The molecular weight excluding hydrogens is 775 g/mol. The third-order valence-corrected chi connectivity index (χ3v) is 17.4. The zero-order chi connectivity index (χ0) is 43.8. The number of piperidine rings is 1. The second-order valence-corrected chi connectivity index (χ2v) is 23.7. The van der Waals surface area contributed by atoms with E-state index in [4.69, 9.17) is 4.74 Å². The van der Waals surface area contributed by atoms with Gasteiger partial charge in [-0.05, 0) is 102 Å². The van der Waals surface area contributed by atoms with Gasteiger partial charge in [-0.2, -0.15) is 0 Å². The second kappa shape index (κ2) is 17.6. The fourth-order valence-electron chi connectivity index (χ4n) is 9.97. The minimum absolute atomic E-state index is 0.0298. The van der Waals surface area contributed by atoms with Gasteiger partial charge in [-0.15, -0.1) is 0 Å². The van der Waals surface area contributed by atoms with Gasteiger partial charge in [0, 0.05) is 13.1 Å². The van der Waals surface area contributed by atoms with Crippen molar-refractivity contribution < 1.29 is 41.9 Å². The van der Waals surface area contributed by atoms with Crippen LogP contribution in [0.15, 0.2) is 0 Å². The molecule has 5 amide bonds. The molecule has 1 aliphatic heterocycles. The Hall–Kier alpha value is -3.23. The van der Waals surface area contributed by atoms with Gasteiger partial charge in [0.15, 0.2) is 9.84 Å². The molecule has 0 bridgehead atoms. The highest BCUT2D eigenvalue weighted by Gasteiger charge is 2.70. The first-order chi connectivity index (χ1) is 27.4. The molecule has 4 N–H and O–H groups in total. The van der Waals surface area contributed by atoms with Crippen LogP contribution in [0.2, 0.25) is 0 Å². The normalized spacial score (nSPS) is 25.7. The number of likely N-dealkylation sites (tertiary alicyclic amines) is 1. The van der Waals surface area contributed by atoms with Crippen LogP contribution in [0.25, 0.3) is 0 Å². The summed E-state index contributed by atoms with van der Waals surface area (Å²) in [6.07, 6.45) is 10.1. The molecule has 334 valence electrons. The van der Waals surface area contributed by atoms with E-state index >= 15 is 4.79 Å². The lowest BCUT2D eigenvalue weighted by Gasteiger charge is -2.44. The van der Waals surface area contributed by atoms with Gasteiger partial charge >= 0.3 is 12.0 Å². The zero-order valence-corrected chi connectivity index (χ0v) is 38.0. The molecule has 0 radical (unpaired) electrons. The number of ketones is 1. The van der Waals surface area contributed by atoms with Gasteiger partial charge in [0.2, 0.25) is 17.6 Å². The highest BCUT2D eigenvalue weighted by Crippen LogP contribution is 2.65. The summed E-state index contributed by atoms with van der Waals surface area (Å²) in [6, 6.07) is -3.59. The molecule has 1 heterocycles. The molecule has 5 fully saturated rings. The van der Waals surface area contributed by atoms with E-state index < -0.39 is 78.9 Å². The van der Waals surface area contributed by atoms with Gasteiger partial charge in [-0.25, -0.2) is 13.2 Å². The van der Waals surface area contributed by atoms with Crippen molar-refractivity contribution in [3.63, 3.8) is 0 Å². The van der Waals surface area contributed by atoms with Gasteiger partial charge < -0.3 is 30.9 Å². The highest BCUT2D eigenvalue weighted by atomic mass is 32.2. The number of hydrogen-bond donors (Lipinski definition) is 4. The van der Waals surface area contributed by atoms with Crippen LogP contribution in [0, 0.1) is 28.6 Å². The van der Waals surface area contributed by atoms with Crippen LogP contribution < -0.4 is 21.3 Å². The molecule has 0 aromatic heterocycles. The summed E-state index contributed by atoms with van der Waals surface area (Å²) in [5.41, 5.74) is -2.52. The van der Waals surface area contributed by atoms with Crippen LogP contribution in [0.3, 0.4) is 0 Å². The number of hydrogen-bond acceptors (Lipinski definition) is 9. The Balaban J connectivity index is 1.35. The molecule has 4 saturated carbocycles. The van der Waals surface area contributed by atoms with Gasteiger partial charge in [0.05, 0.1) is 28.5 Å². The number of rotatable bonds is 17. The van der Waals surface area contributed by atoms with Crippen LogP contribution in [0.5, 0.6) is 0 Å². The quantitative estimate of drug-likeness (QED) is 0.114. The van der Waals surface area contributed by atoms with Crippen molar-refractivity contribution in [1.29, 1.82) is 0 Å². The Morgan fingerprint density at radius 1 is 0.847 bits per heavy atom. The van der Waals surface area contributed by atoms with E-state index in [9.17, 15) is 32.4 Å². The van der Waals surface area contributed by atoms with Gasteiger partial charge in [0.1, 0.15) is 17.7 Å². The molecule has 0 aromatic carbocycles. The molecule has 1 unspecified atom stereocenters. The molecule has 15 heteroatoms. The average molecular weight is 848 g/mol.